The van der Waals surface area contributed by atoms with Crippen molar-refractivity contribution in [1.29, 1.82) is 0 Å². The molecule has 1 aliphatic rings. The summed E-state index contributed by atoms with van der Waals surface area (Å²) in [4.78, 5) is 89.8. The van der Waals surface area contributed by atoms with E-state index >= 15 is 0 Å². The summed E-state index contributed by atoms with van der Waals surface area (Å²) < 4.78 is 179. The molecule has 3 unspecified atom stereocenters. The Morgan fingerprint density at radius 1 is 0.404 bits per heavy atom. The number of anilines is 8. The van der Waals surface area contributed by atoms with Gasteiger partial charge in [-0.05, 0) is 157 Å². The Morgan fingerprint density at radius 3 is 0.926 bits per heavy atom. The highest BCUT2D eigenvalue weighted by Gasteiger charge is 2.34. The van der Waals surface area contributed by atoms with Gasteiger partial charge in [0.2, 0.25) is 22.1 Å². The molecule has 1 saturated carbocycles. The first kappa shape index (κ1) is 103. The average molecular weight is 2010 g/mol. The normalized spacial score (nSPS) is 13.4. The van der Waals surface area contributed by atoms with E-state index in [0.717, 1.165) is 40.8 Å². The van der Waals surface area contributed by atoms with E-state index in [2.05, 4.69) is 66.1 Å². The number of carbonyl (C=O) groups is 4. The number of nitrogen functional groups attached to an aromatic ring is 4. The van der Waals surface area contributed by atoms with Crippen molar-refractivity contribution in [1.82, 2.24) is 44.9 Å². The van der Waals surface area contributed by atoms with E-state index in [9.17, 15) is 80.4 Å². The molecular weight excluding hydrogens is 1910 g/mol. The molecule has 1 aliphatic carbocycles. The van der Waals surface area contributed by atoms with Gasteiger partial charge in [-0.2, -0.15) is 0 Å². The fourth-order valence-corrected chi connectivity index (χ4v) is 29.0. The first-order chi connectivity index (χ1) is 64.7. The van der Waals surface area contributed by atoms with E-state index in [4.69, 9.17) is 36.5 Å². The molecule has 712 valence electrons. The fourth-order valence-electron chi connectivity index (χ4n) is 12.8. The molecular formula is C90H94F2N17O19P3S5. The number of aromatic nitrogens is 9. The Kier molecular flexibility index (Phi) is 34.7. The number of hydrogen-bond donors (Lipinski definition) is 9. The Hall–Kier alpha value is -13.0. The van der Waals surface area contributed by atoms with Crippen LogP contribution in [-0.2, 0) is 79.9 Å². The van der Waals surface area contributed by atoms with Crippen LogP contribution in [0.2, 0.25) is 0 Å². The van der Waals surface area contributed by atoms with Gasteiger partial charge in [-0.15, -0.1) is 11.3 Å². The van der Waals surface area contributed by atoms with Gasteiger partial charge in [-0.1, -0.05) is 100.0 Å². The van der Waals surface area contributed by atoms with E-state index in [0.29, 0.717) is 67.8 Å². The standard InChI is InChI=1S/C24H24N5O5PS2.C22H24FN4O5PS.C22H21FN4O3S.C22H25N4O6PS/c1-3-35(31,34-2)15-37(32,33)19-10-8-18(9-11-19)28-24(30)22-23(25)27-12-20(29-22)16-4-6-17(7-5-16)21-13-26-14-36-21;1-3-33(29,32-2)14-34(30,31)18-10-8-17(9-11-18)26-22(28)20-21(24)25-13-19(27-20)16-6-4-15(12-23)5-7-16;23-16-6-4-15(5-7-16)19-12-25-21(24)20(27-19)22(28)26-17-8-10-18(11-9-17)31(29,30)13-14-2-1-3-14;1-3-33(29,32-2)14-34(30,31)18-10-8-17(9-11-18)25-22(28)20-21(23)24-12-19(26-20)16-6-4-15(13-27)5-7-16/h4-14H,3,15H2,1-2H3,(H2,25,27)(H,28,30);4-11,13H,3,12,14H2,1-2H3,(H2,24,25)(H,26,28);4-12,14H,1-3,13H2,(H2,24,25)(H,26,28);4-12,27H,3,13-14H2,1-2H3,(H2,23,24)(H,25,28). The lowest BCUT2D eigenvalue weighted by atomic mass is 9.87. The zero-order valence-electron chi connectivity index (χ0n) is 73.8. The van der Waals surface area contributed by atoms with Crippen molar-refractivity contribution in [3.05, 3.63) is 270 Å². The van der Waals surface area contributed by atoms with E-state index in [-0.39, 0.29) is 108 Å². The van der Waals surface area contributed by atoms with E-state index < -0.39 is 108 Å². The number of alkyl halides is 1. The molecule has 1 fully saturated rings. The third-order valence-electron chi connectivity index (χ3n) is 21.0. The van der Waals surface area contributed by atoms with Gasteiger partial charge in [-0.25, -0.2) is 82.3 Å². The number of nitrogens with zero attached hydrogens (tertiary/aromatic N) is 9. The molecule has 13 aromatic rings. The third kappa shape index (κ3) is 27.2. The summed E-state index contributed by atoms with van der Waals surface area (Å²) in [6.45, 7) is 4.13. The summed E-state index contributed by atoms with van der Waals surface area (Å²) in [5.41, 5.74) is 30.9. The topological polar surface area (TPSA) is 572 Å². The number of nitrogens with one attached hydrogen (secondary N) is 4. The van der Waals surface area contributed by atoms with Gasteiger partial charge in [0.15, 0.2) is 85.4 Å². The maximum absolute atomic E-state index is 13.1. The van der Waals surface area contributed by atoms with E-state index in [1.54, 1.807) is 81.0 Å². The quantitative estimate of drug-likeness (QED) is 0.0172. The van der Waals surface area contributed by atoms with Crippen LogP contribution in [0, 0.1) is 11.7 Å². The molecule has 3 atom stereocenters. The van der Waals surface area contributed by atoms with Crippen LogP contribution in [0.3, 0.4) is 0 Å². The number of hydrogen-bond acceptors (Lipinski definition) is 33. The lowest BCUT2D eigenvalue weighted by Gasteiger charge is -2.24. The van der Waals surface area contributed by atoms with Crippen LogP contribution in [0.4, 0.5) is 54.8 Å². The predicted molar refractivity (Wildman–Crippen MR) is 518 cm³/mol. The van der Waals surface area contributed by atoms with Crippen molar-refractivity contribution in [3.8, 4) is 55.5 Å². The van der Waals surface area contributed by atoms with Crippen molar-refractivity contribution in [2.24, 2.45) is 5.92 Å². The lowest BCUT2D eigenvalue weighted by molar-refractivity contribution is 0.101. The predicted octanol–water partition coefficient (Wildman–Crippen LogP) is 15.7. The summed E-state index contributed by atoms with van der Waals surface area (Å²) >= 11 is 1.53. The van der Waals surface area contributed by atoms with Crippen LogP contribution in [0.25, 0.3) is 55.5 Å². The maximum atomic E-state index is 13.1. The zero-order valence-corrected chi connectivity index (χ0v) is 80.5. The molecule has 8 aromatic carbocycles. The molecule has 0 saturated heterocycles. The molecule has 36 nitrogen and oxygen atoms in total. The Labute approximate surface area is 786 Å². The Bertz CT molecular complexity index is 6900. The summed E-state index contributed by atoms with van der Waals surface area (Å²) in [6.07, 6.45) is 10.8. The summed E-state index contributed by atoms with van der Waals surface area (Å²) in [5, 5.41) is 19.7. The van der Waals surface area contributed by atoms with Gasteiger partial charge in [0.05, 0.1) is 89.9 Å². The van der Waals surface area contributed by atoms with Crippen LogP contribution in [0.5, 0.6) is 0 Å². The minimum Gasteiger partial charge on any atom is -0.392 e. The van der Waals surface area contributed by atoms with Gasteiger partial charge >= 0.3 is 0 Å². The molecule has 13 N–H and O–H groups in total. The maximum Gasteiger partial charge on any atom is 0.278 e. The SMILES string of the molecule is CCP(=O)(CS(=O)(=O)c1ccc(NC(=O)c2nc(-c3ccc(-c4cncs4)cc3)cnc2N)cc1)OC.CCP(=O)(CS(=O)(=O)c1ccc(NC(=O)c2nc(-c3ccc(CF)cc3)cnc2N)cc1)OC.CCP(=O)(CS(=O)(=O)c1ccc(NC(=O)c2nc(-c3ccc(CO)cc3)cnc2N)cc1)OC.Nc1ncc(-c2ccc(F)cc2)nc1C(=O)Nc1ccc(S(=O)(=O)CC2CCC2)cc1. The average Bonchev–Trinajstić information content (AvgIpc) is 0.984. The van der Waals surface area contributed by atoms with Gasteiger partial charge < -0.3 is 62.9 Å². The molecule has 14 rings (SSSR count). The van der Waals surface area contributed by atoms with Crippen molar-refractivity contribution >= 4 is 142 Å². The monoisotopic (exact) mass is 2010 g/mol. The Morgan fingerprint density at radius 2 is 0.676 bits per heavy atom. The van der Waals surface area contributed by atoms with Crippen LogP contribution in [0.1, 0.15) is 93.1 Å². The Balaban J connectivity index is 0.000000174. The lowest BCUT2D eigenvalue weighted by Crippen LogP contribution is -2.22. The number of carbonyl (C=O) groups excluding carboxylic acids is 4. The fraction of sp³-hybridized carbons (Fsp3) is 0.211. The van der Waals surface area contributed by atoms with Crippen molar-refractivity contribution in [3.63, 3.8) is 0 Å². The molecule has 0 spiro atoms. The van der Waals surface area contributed by atoms with Crippen LogP contribution in [0.15, 0.2) is 250 Å². The molecule has 136 heavy (non-hydrogen) atoms. The number of nitrogens with two attached hydrogens (primary N) is 4. The second-order valence-electron chi connectivity index (χ2n) is 30.3. The summed E-state index contributed by atoms with van der Waals surface area (Å²) in [7, 11) is -21.1. The molecule has 46 heteroatoms. The first-order valence-corrected chi connectivity index (χ1v) is 54.7. The molecule has 5 aromatic heterocycles. The van der Waals surface area contributed by atoms with Gasteiger partial charge in [0.25, 0.3) is 23.6 Å². The molecule has 5 heterocycles. The third-order valence-corrected chi connectivity index (χ3v) is 40.4. The van der Waals surface area contributed by atoms with Crippen LogP contribution < -0.4 is 44.2 Å². The number of aliphatic hydroxyl groups is 1. The summed E-state index contributed by atoms with van der Waals surface area (Å²) in [6, 6.07) is 49.1. The number of amides is 4. The first-order valence-electron chi connectivity index (χ1n) is 41.3. The number of rotatable bonds is 33. The second kappa shape index (κ2) is 45.5. The second-order valence-corrected chi connectivity index (χ2v) is 49.3. The number of thiazole rings is 1. The van der Waals surface area contributed by atoms with E-state index in [1.165, 1.54) is 179 Å². The number of halogens is 2. The number of aliphatic hydroxyl groups excluding tert-OH is 1. The number of sulfone groups is 4. The molecule has 0 aliphatic heterocycles. The molecule has 4 amide bonds. The van der Waals surface area contributed by atoms with Crippen molar-refractivity contribution < 1.29 is 94.0 Å². The zero-order chi connectivity index (χ0) is 98.5. The minimum atomic E-state index is -3.85. The van der Waals surface area contributed by atoms with E-state index in [1.807, 2.05) is 24.3 Å². The van der Waals surface area contributed by atoms with Crippen molar-refractivity contribution in [2.75, 3.05) is 106 Å². The number of benzene rings is 8. The van der Waals surface area contributed by atoms with Gasteiger partial charge in [0, 0.05) is 91.0 Å². The van der Waals surface area contributed by atoms with Crippen LogP contribution in [-0.4, -0.2) is 169 Å². The smallest absolute Gasteiger partial charge is 0.278 e. The highest BCUT2D eigenvalue weighted by Crippen LogP contribution is 2.50. The van der Waals surface area contributed by atoms with Gasteiger partial charge in [-0.3, -0.25) is 37.9 Å². The van der Waals surface area contributed by atoms with Gasteiger partial charge in [0.1, 0.15) is 29.0 Å². The summed E-state index contributed by atoms with van der Waals surface area (Å²) in [5.74, 6) is -2.69. The molecule has 0 radical (unpaired) electrons. The molecule has 0 bridgehead atoms. The van der Waals surface area contributed by atoms with Crippen molar-refractivity contribution in [2.45, 2.75) is 72.9 Å². The minimum absolute atomic E-state index is 0.0284. The highest BCUT2D eigenvalue weighted by molar-refractivity contribution is 7.99. The highest BCUT2D eigenvalue weighted by atomic mass is 32.2. The largest absolute Gasteiger partial charge is 0.392 e. The van der Waals surface area contributed by atoms with Crippen LogP contribution >= 0.6 is 33.4 Å².